The maximum Gasteiger partial charge on any atom is 0.267 e. The molecule has 0 bridgehead atoms. The minimum atomic E-state index is -0.611. The minimum absolute atomic E-state index is 0.162. The van der Waals surface area contributed by atoms with Crippen LogP contribution in [-0.4, -0.2) is 31.1 Å². The van der Waals surface area contributed by atoms with Crippen molar-refractivity contribution in [1.29, 1.82) is 0 Å². The highest BCUT2D eigenvalue weighted by molar-refractivity contribution is 6.04. The fourth-order valence-corrected chi connectivity index (χ4v) is 4.45. The van der Waals surface area contributed by atoms with Gasteiger partial charge in [-0.2, -0.15) is 0 Å². The van der Waals surface area contributed by atoms with Crippen LogP contribution in [0.2, 0.25) is 0 Å². The molecule has 1 heterocycles. The van der Waals surface area contributed by atoms with Crippen molar-refractivity contribution in [2.24, 2.45) is 0 Å². The van der Waals surface area contributed by atoms with Crippen LogP contribution in [0.15, 0.2) is 103 Å². The molecule has 0 aromatic heterocycles. The number of aryl methyl sites for hydroxylation is 1. The molecule has 0 fully saturated rings. The van der Waals surface area contributed by atoms with E-state index in [-0.39, 0.29) is 11.8 Å². The van der Waals surface area contributed by atoms with Crippen LogP contribution in [-0.2, 0) is 16.2 Å². The van der Waals surface area contributed by atoms with E-state index in [0.717, 1.165) is 28.2 Å². The molecule has 4 aromatic carbocycles. The van der Waals surface area contributed by atoms with E-state index in [4.69, 9.17) is 14.2 Å². The maximum atomic E-state index is 13.0. The van der Waals surface area contributed by atoms with Crippen molar-refractivity contribution in [3.05, 3.63) is 120 Å². The number of fused-ring (bicyclic) bond motifs is 1. The predicted octanol–water partition coefficient (Wildman–Crippen LogP) is 6.42. The summed E-state index contributed by atoms with van der Waals surface area (Å²) in [6.45, 7) is 4.88. The van der Waals surface area contributed by atoms with Gasteiger partial charge in [-0.25, -0.2) is 0 Å². The summed E-state index contributed by atoms with van der Waals surface area (Å²) in [5, 5.41) is 2.87. The van der Waals surface area contributed by atoms with Crippen LogP contribution in [0, 0.1) is 6.92 Å². The Labute approximate surface area is 240 Å². The highest BCUT2D eigenvalue weighted by Gasteiger charge is 2.31. The molecule has 0 radical (unpaired) electrons. The topological polar surface area (TPSA) is 77.1 Å². The van der Waals surface area contributed by atoms with E-state index in [0.29, 0.717) is 36.9 Å². The molecule has 41 heavy (non-hydrogen) atoms. The summed E-state index contributed by atoms with van der Waals surface area (Å²) in [4.78, 5) is 27.3. The molecule has 1 aliphatic heterocycles. The summed E-state index contributed by atoms with van der Waals surface area (Å²) >= 11 is 0. The number of ether oxygens (including phenoxy) is 3. The van der Waals surface area contributed by atoms with Gasteiger partial charge >= 0.3 is 0 Å². The lowest BCUT2D eigenvalue weighted by Crippen LogP contribution is -2.46. The Hall–Kier alpha value is -5.04. The van der Waals surface area contributed by atoms with Gasteiger partial charge in [0, 0.05) is 11.8 Å². The van der Waals surface area contributed by atoms with Crippen LogP contribution in [0.5, 0.6) is 17.2 Å². The number of rotatable bonds is 10. The first kappa shape index (κ1) is 27.5. The summed E-state index contributed by atoms with van der Waals surface area (Å²) in [5.41, 5.74) is 4.21. The molecule has 1 atom stereocenters. The number of nitrogens with zero attached hydrogens (tertiary/aromatic N) is 1. The first-order valence-corrected chi connectivity index (χ1v) is 13.5. The number of benzene rings is 4. The first-order chi connectivity index (χ1) is 19.9. The molecule has 7 heteroatoms. The van der Waals surface area contributed by atoms with Gasteiger partial charge in [0.25, 0.3) is 5.91 Å². The maximum absolute atomic E-state index is 13.0. The monoisotopic (exact) mass is 548 g/mol. The molecule has 0 saturated heterocycles. The van der Waals surface area contributed by atoms with Crippen molar-refractivity contribution in [3.63, 3.8) is 0 Å². The van der Waals surface area contributed by atoms with E-state index >= 15 is 0 Å². The Morgan fingerprint density at radius 1 is 0.927 bits per heavy atom. The molecule has 0 aliphatic carbocycles. The van der Waals surface area contributed by atoms with Gasteiger partial charge < -0.3 is 24.4 Å². The van der Waals surface area contributed by atoms with Crippen molar-refractivity contribution < 1.29 is 23.8 Å². The molecule has 2 amide bonds. The minimum Gasteiger partial charge on any atom is -0.492 e. The second kappa shape index (κ2) is 12.9. The zero-order valence-electron chi connectivity index (χ0n) is 23.1. The molecular formula is C34H32N2O5. The van der Waals surface area contributed by atoms with Gasteiger partial charge in [0.05, 0.1) is 12.2 Å². The quantitative estimate of drug-likeness (QED) is 0.232. The normalized spacial score (nSPS) is 14.3. The summed E-state index contributed by atoms with van der Waals surface area (Å²) < 4.78 is 17.5. The fraction of sp³-hybridized carbons (Fsp3) is 0.176. The summed E-state index contributed by atoms with van der Waals surface area (Å²) in [7, 11) is 0. The third-order valence-corrected chi connectivity index (χ3v) is 6.56. The zero-order valence-corrected chi connectivity index (χ0v) is 23.1. The molecule has 1 unspecified atom stereocenters. The number of hydrogen-bond donors (Lipinski definition) is 1. The predicted molar refractivity (Wildman–Crippen MR) is 160 cm³/mol. The molecule has 1 aliphatic rings. The van der Waals surface area contributed by atoms with Gasteiger partial charge in [-0.1, -0.05) is 54.6 Å². The number of amides is 2. The third kappa shape index (κ3) is 7.33. The van der Waals surface area contributed by atoms with Gasteiger partial charge in [-0.3, -0.25) is 9.59 Å². The third-order valence-electron chi connectivity index (χ3n) is 6.56. The number of nitrogens with one attached hydrogen (secondary N) is 1. The fourth-order valence-electron chi connectivity index (χ4n) is 4.45. The smallest absolute Gasteiger partial charge is 0.267 e. The molecule has 1 N–H and O–H groups in total. The first-order valence-electron chi connectivity index (χ1n) is 13.5. The molecular weight excluding hydrogens is 516 g/mol. The van der Waals surface area contributed by atoms with Crippen molar-refractivity contribution in [1.82, 2.24) is 0 Å². The van der Waals surface area contributed by atoms with Crippen LogP contribution >= 0.6 is 0 Å². The summed E-state index contributed by atoms with van der Waals surface area (Å²) in [6.07, 6.45) is 2.59. The van der Waals surface area contributed by atoms with Crippen molar-refractivity contribution >= 4 is 29.3 Å². The lowest BCUT2D eigenvalue weighted by molar-refractivity contribution is -0.125. The summed E-state index contributed by atoms with van der Waals surface area (Å²) in [5.74, 6) is 1.63. The zero-order chi connectivity index (χ0) is 28.6. The van der Waals surface area contributed by atoms with E-state index < -0.39 is 6.10 Å². The Kier molecular flexibility index (Phi) is 8.64. The standard InChI is InChI=1S/C34H32N2O5/c1-24-7-6-10-30(21-24)39-20-19-36-31-22-28(14-17-32(31)41-25(2)34(36)38)35-33(37)18-13-26-11-15-29(16-12-26)40-23-27-8-4-3-5-9-27/h3-18,21-22,25H,19-20,23H2,1-2H3,(H,35,37)/b18-13+. The lowest BCUT2D eigenvalue weighted by Gasteiger charge is -2.33. The van der Waals surface area contributed by atoms with E-state index in [1.807, 2.05) is 85.8 Å². The van der Waals surface area contributed by atoms with Crippen molar-refractivity contribution in [3.8, 4) is 17.2 Å². The van der Waals surface area contributed by atoms with Crippen LogP contribution in [0.1, 0.15) is 23.6 Å². The lowest BCUT2D eigenvalue weighted by atomic mass is 10.1. The number of anilines is 2. The second-order valence-electron chi connectivity index (χ2n) is 9.76. The van der Waals surface area contributed by atoms with E-state index in [9.17, 15) is 9.59 Å². The average Bonchev–Trinajstić information content (AvgIpc) is 2.98. The van der Waals surface area contributed by atoms with Crippen LogP contribution in [0.25, 0.3) is 6.08 Å². The molecule has 7 nitrogen and oxygen atoms in total. The van der Waals surface area contributed by atoms with Crippen LogP contribution in [0.4, 0.5) is 11.4 Å². The highest BCUT2D eigenvalue weighted by Crippen LogP contribution is 2.36. The van der Waals surface area contributed by atoms with Crippen LogP contribution in [0.3, 0.4) is 0 Å². The van der Waals surface area contributed by atoms with Gasteiger partial charge in [0.15, 0.2) is 6.10 Å². The van der Waals surface area contributed by atoms with E-state index in [1.54, 1.807) is 36.1 Å². The number of carbonyl (C=O) groups excluding carboxylic acids is 2. The van der Waals surface area contributed by atoms with Gasteiger partial charge in [0.1, 0.15) is 30.5 Å². The van der Waals surface area contributed by atoms with Crippen LogP contribution < -0.4 is 24.4 Å². The Bertz CT molecular complexity index is 1530. The number of carbonyl (C=O) groups is 2. The van der Waals surface area contributed by atoms with Crippen molar-refractivity contribution in [2.45, 2.75) is 26.6 Å². The van der Waals surface area contributed by atoms with Gasteiger partial charge in [-0.15, -0.1) is 0 Å². The van der Waals surface area contributed by atoms with E-state index in [1.165, 1.54) is 6.08 Å². The molecule has 0 saturated carbocycles. The molecule has 5 rings (SSSR count). The van der Waals surface area contributed by atoms with E-state index in [2.05, 4.69) is 5.32 Å². The molecule has 0 spiro atoms. The average molecular weight is 549 g/mol. The van der Waals surface area contributed by atoms with Gasteiger partial charge in [0.2, 0.25) is 5.91 Å². The summed E-state index contributed by atoms with van der Waals surface area (Å²) in [6, 6.07) is 30.5. The number of hydrogen-bond acceptors (Lipinski definition) is 5. The SMILES string of the molecule is Cc1cccc(OCCN2C(=O)C(C)Oc3ccc(NC(=O)/C=C/c4ccc(OCc5ccccc5)cc4)cc32)c1. The molecule has 208 valence electrons. The highest BCUT2D eigenvalue weighted by atomic mass is 16.5. The van der Waals surface area contributed by atoms with Gasteiger partial charge in [-0.05, 0) is 79.1 Å². The largest absolute Gasteiger partial charge is 0.492 e. The Morgan fingerprint density at radius 2 is 1.73 bits per heavy atom. The Morgan fingerprint density at radius 3 is 2.51 bits per heavy atom. The Balaban J connectivity index is 1.19. The second-order valence-corrected chi connectivity index (χ2v) is 9.76. The van der Waals surface area contributed by atoms with Crippen molar-refractivity contribution in [2.75, 3.05) is 23.4 Å². The molecule has 4 aromatic rings.